The van der Waals surface area contributed by atoms with Gasteiger partial charge in [0.15, 0.2) is 0 Å². The van der Waals surface area contributed by atoms with Crippen molar-refractivity contribution in [2.24, 2.45) is 5.92 Å². The van der Waals surface area contributed by atoms with Crippen molar-refractivity contribution >= 4 is 28.4 Å². The zero-order chi connectivity index (χ0) is 11.5. The molecule has 1 aromatic carbocycles. The number of hydrogen-bond donors (Lipinski definition) is 0. The highest BCUT2D eigenvalue weighted by Crippen LogP contribution is 2.38. The third kappa shape index (κ3) is 2.58. The van der Waals surface area contributed by atoms with Crippen LogP contribution in [0, 0.1) is 5.92 Å². The molecule has 1 aliphatic carbocycles. The molecule has 3 heteroatoms. The molecular weight excluding hydrogens is 243 g/mol. The van der Waals surface area contributed by atoms with Crippen LogP contribution >= 0.6 is 23.2 Å². The van der Waals surface area contributed by atoms with Gasteiger partial charge >= 0.3 is 0 Å². The molecule has 0 bridgehead atoms. The quantitative estimate of drug-likeness (QED) is 0.718. The number of rotatable bonds is 2. The normalized spacial score (nSPS) is 25.4. The highest BCUT2D eigenvalue weighted by molar-refractivity contribution is 6.63. The van der Waals surface area contributed by atoms with Crippen LogP contribution in [0.2, 0.25) is 5.02 Å². The lowest BCUT2D eigenvalue weighted by Gasteiger charge is -2.27. The molecule has 1 saturated carbocycles. The van der Waals surface area contributed by atoms with Gasteiger partial charge in [-0.15, -0.1) is 0 Å². The lowest BCUT2D eigenvalue weighted by molar-refractivity contribution is -0.116. The zero-order valence-corrected chi connectivity index (χ0v) is 10.5. The Kier molecular flexibility index (Phi) is 3.88. The van der Waals surface area contributed by atoms with Gasteiger partial charge in [-0.3, -0.25) is 4.79 Å². The predicted molar refractivity (Wildman–Crippen MR) is 67.0 cm³/mol. The Bertz CT molecular complexity index is 381. The van der Waals surface area contributed by atoms with Crippen molar-refractivity contribution in [1.29, 1.82) is 0 Å². The van der Waals surface area contributed by atoms with Crippen LogP contribution in [-0.4, -0.2) is 5.24 Å². The molecule has 0 unspecified atom stereocenters. The first-order valence-electron chi connectivity index (χ1n) is 5.62. The second-order valence-electron chi connectivity index (χ2n) is 4.37. The Labute approximate surface area is 106 Å². The molecule has 0 spiro atoms. The molecule has 1 fully saturated rings. The van der Waals surface area contributed by atoms with Crippen LogP contribution in [0.15, 0.2) is 24.3 Å². The van der Waals surface area contributed by atoms with Gasteiger partial charge in [-0.1, -0.05) is 29.8 Å². The molecular formula is C13H14Cl2O. The average Bonchev–Trinajstić information content (AvgIpc) is 2.30. The van der Waals surface area contributed by atoms with Gasteiger partial charge in [0.2, 0.25) is 5.24 Å². The van der Waals surface area contributed by atoms with E-state index in [0.717, 1.165) is 30.7 Å². The van der Waals surface area contributed by atoms with Crippen molar-refractivity contribution in [3.8, 4) is 0 Å². The Morgan fingerprint density at radius 2 is 1.75 bits per heavy atom. The van der Waals surface area contributed by atoms with Crippen LogP contribution in [0.1, 0.15) is 37.2 Å². The number of hydrogen-bond acceptors (Lipinski definition) is 1. The number of carbonyl (C=O) groups excluding carboxylic acids is 1. The fourth-order valence-corrected chi connectivity index (χ4v) is 2.95. The van der Waals surface area contributed by atoms with E-state index in [1.807, 2.05) is 18.2 Å². The van der Waals surface area contributed by atoms with E-state index in [9.17, 15) is 4.79 Å². The third-order valence-corrected chi connectivity index (χ3v) is 4.05. The summed E-state index contributed by atoms with van der Waals surface area (Å²) in [6.07, 6.45) is 3.79. The van der Waals surface area contributed by atoms with E-state index in [0.29, 0.717) is 5.92 Å². The van der Waals surface area contributed by atoms with E-state index in [2.05, 4.69) is 6.07 Å². The number of benzene rings is 1. The Morgan fingerprint density at radius 1 is 1.12 bits per heavy atom. The van der Waals surface area contributed by atoms with Crippen LogP contribution in [0.25, 0.3) is 0 Å². The summed E-state index contributed by atoms with van der Waals surface area (Å²) in [5.74, 6) is 0.543. The smallest absolute Gasteiger partial charge is 0.224 e. The second-order valence-corrected chi connectivity index (χ2v) is 5.15. The first-order chi connectivity index (χ1) is 7.68. The molecule has 2 rings (SSSR count). The van der Waals surface area contributed by atoms with Crippen LogP contribution < -0.4 is 0 Å². The maximum Gasteiger partial charge on any atom is 0.224 e. The van der Waals surface area contributed by atoms with Gasteiger partial charge in [0.25, 0.3) is 0 Å². The summed E-state index contributed by atoms with van der Waals surface area (Å²) in [5.41, 5.74) is 1.21. The molecule has 0 aromatic heterocycles. The third-order valence-electron chi connectivity index (χ3n) is 3.39. The van der Waals surface area contributed by atoms with Crippen molar-refractivity contribution < 1.29 is 4.79 Å². The summed E-state index contributed by atoms with van der Waals surface area (Å²) >= 11 is 11.7. The zero-order valence-electron chi connectivity index (χ0n) is 8.96. The summed E-state index contributed by atoms with van der Waals surface area (Å²) in [5, 5.41) is 0.653. The minimum atomic E-state index is -0.183. The molecule has 0 aliphatic heterocycles. The summed E-state index contributed by atoms with van der Waals surface area (Å²) in [6, 6.07) is 7.96. The highest BCUT2D eigenvalue weighted by Gasteiger charge is 2.26. The summed E-state index contributed by atoms with van der Waals surface area (Å²) in [4.78, 5) is 11.0. The lowest BCUT2D eigenvalue weighted by Crippen LogP contribution is -2.17. The molecule has 0 radical (unpaired) electrons. The van der Waals surface area contributed by atoms with E-state index >= 15 is 0 Å². The van der Waals surface area contributed by atoms with Gasteiger partial charge in [-0.25, -0.2) is 0 Å². The summed E-state index contributed by atoms with van der Waals surface area (Å²) in [7, 11) is 0. The Morgan fingerprint density at radius 3 is 2.31 bits per heavy atom. The van der Waals surface area contributed by atoms with Crippen molar-refractivity contribution in [2.75, 3.05) is 0 Å². The van der Waals surface area contributed by atoms with Gasteiger partial charge in [-0.2, -0.15) is 0 Å². The van der Waals surface area contributed by atoms with Gasteiger partial charge in [0, 0.05) is 10.9 Å². The molecule has 0 N–H and O–H groups in total. The van der Waals surface area contributed by atoms with Gasteiger partial charge in [0.1, 0.15) is 0 Å². The first-order valence-corrected chi connectivity index (χ1v) is 6.38. The van der Waals surface area contributed by atoms with Gasteiger partial charge in [0.05, 0.1) is 0 Å². The molecule has 1 aromatic rings. The van der Waals surface area contributed by atoms with Crippen molar-refractivity contribution in [2.45, 2.75) is 31.6 Å². The molecule has 0 atom stereocenters. The monoisotopic (exact) mass is 256 g/mol. The van der Waals surface area contributed by atoms with Gasteiger partial charge < -0.3 is 0 Å². The number of carbonyl (C=O) groups is 1. The van der Waals surface area contributed by atoms with Crippen LogP contribution in [0.5, 0.6) is 0 Å². The van der Waals surface area contributed by atoms with E-state index in [-0.39, 0.29) is 11.2 Å². The summed E-state index contributed by atoms with van der Waals surface area (Å²) < 4.78 is 0. The standard InChI is InChI=1S/C13H14Cl2O/c14-12-4-2-1-3-11(12)9-5-7-10(8-6-9)13(15)16/h1-4,9-10H,5-8H2/t9-,10-. The SMILES string of the molecule is O=C(Cl)[C@H]1CC[C@H](c2ccccc2Cl)CC1. The topological polar surface area (TPSA) is 17.1 Å². The summed E-state index contributed by atoms with van der Waals surface area (Å²) in [6.45, 7) is 0. The highest BCUT2D eigenvalue weighted by atomic mass is 35.5. The maximum absolute atomic E-state index is 11.0. The van der Waals surface area contributed by atoms with Gasteiger partial charge in [-0.05, 0) is 54.8 Å². The van der Waals surface area contributed by atoms with Crippen LogP contribution in [0.4, 0.5) is 0 Å². The lowest BCUT2D eigenvalue weighted by atomic mass is 9.79. The average molecular weight is 257 g/mol. The second kappa shape index (κ2) is 5.20. The van der Waals surface area contributed by atoms with Crippen LogP contribution in [0.3, 0.4) is 0 Å². The molecule has 1 aliphatic rings. The van der Waals surface area contributed by atoms with Crippen molar-refractivity contribution in [3.63, 3.8) is 0 Å². The van der Waals surface area contributed by atoms with E-state index in [4.69, 9.17) is 23.2 Å². The largest absolute Gasteiger partial charge is 0.281 e. The minimum Gasteiger partial charge on any atom is -0.281 e. The first kappa shape index (κ1) is 11.9. The number of halogens is 2. The molecule has 0 heterocycles. The Hall–Kier alpha value is -0.530. The van der Waals surface area contributed by atoms with Crippen LogP contribution in [-0.2, 0) is 4.79 Å². The maximum atomic E-state index is 11.0. The Balaban J connectivity index is 2.05. The van der Waals surface area contributed by atoms with Crippen molar-refractivity contribution in [1.82, 2.24) is 0 Å². The molecule has 0 amide bonds. The fraction of sp³-hybridized carbons (Fsp3) is 0.462. The molecule has 0 saturated heterocycles. The minimum absolute atomic E-state index is 0.0559. The molecule has 1 nitrogen and oxygen atoms in total. The van der Waals surface area contributed by atoms with Crippen molar-refractivity contribution in [3.05, 3.63) is 34.9 Å². The molecule has 16 heavy (non-hydrogen) atoms. The van der Waals surface area contributed by atoms with E-state index in [1.165, 1.54) is 5.56 Å². The fourth-order valence-electron chi connectivity index (χ4n) is 2.44. The molecule has 86 valence electrons. The predicted octanol–water partition coefficient (Wildman–Crippen LogP) is 4.38. The van der Waals surface area contributed by atoms with E-state index in [1.54, 1.807) is 0 Å². The van der Waals surface area contributed by atoms with E-state index < -0.39 is 0 Å².